The molecule has 0 saturated carbocycles. The Balaban J connectivity index is 2.25. The lowest BCUT2D eigenvalue weighted by atomic mass is 10.1. The molecule has 4 atom stereocenters. The monoisotopic (exact) mass is 368 g/mol. The molecule has 0 N–H and O–H groups in total. The van der Waals surface area contributed by atoms with Gasteiger partial charge in [-0.2, -0.15) is 0 Å². The maximum atomic E-state index is 11.5. The molecule has 1 aliphatic rings. The molecule has 2 rings (SSSR count). The van der Waals surface area contributed by atoms with E-state index in [4.69, 9.17) is 18.9 Å². The zero-order valence-corrected chi connectivity index (χ0v) is 15.0. The quantitative estimate of drug-likeness (QED) is 0.575. The van der Waals surface area contributed by atoms with Crippen LogP contribution in [0.25, 0.3) is 0 Å². The third kappa shape index (κ3) is 5.75. The van der Waals surface area contributed by atoms with E-state index in [1.54, 1.807) is 0 Å². The van der Waals surface area contributed by atoms with Crippen LogP contribution in [0.1, 0.15) is 20.8 Å². The van der Waals surface area contributed by atoms with E-state index in [0.29, 0.717) is 0 Å². The number of benzene rings is 1. The molecule has 1 aromatic carbocycles. The van der Waals surface area contributed by atoms with Crippen molar-refractivity contribution in [2.24, 2.45) is 0 Å². The van der Waals surface area contributed by atoms with Crippen molar-refractivity contribution in [3.05, 3.63) is 30.3 Å². The van der Waals surface area contributed by atoms with Crippen LogP contribution in [0.2, 0.25) is 0 Å². The Kier molecular flexibility index (Phi) is 6.83. The van der Waals surface area contributed by atoms with Gasteiger partial charge in [0.15, 0.2) is 18.3 Å². The van der Waals surface area contributed by atoms with E-state index in [1.807, 2.05) is 30.3 Å². The highest BCUT2D eigenvalue weighted by Crippen LogP contribution is 2.34. The van der Waals surface area contributed by atoms with E-state index in [0.717, 1.165) is 4.90 Å². The Morgan fingerprint density at radius 3 is 2.04 bits per heavy atom. The van der Waals surface area contributed by atoms with Gasteiger partial charge in [-0.15, -0.1) is 0 Å². The topological polar surface area (TPSA) is 88.1 Å². The second-order valence-electron chi connectivity index (χ2n) is 5.43. The van der Waals surface area contributed by atoms with Gasteiger partial charge in [-0.3, -0.25) is 14.4 Å². The highest BCUT2D eigenvalue weighted by atomic mass is 32.2. The molecule has 0 bridgehead atoms. The second-order valence-corrected chi connectivity index (χ2v) is 6.60. The van der Waals surface area contributed by atoms with Crippen LogP contribution in [-0.2, 0) is 33.3 Å². The van der Waals surface area contributed by atoms with Crippen LogP contribution in [0.5, 0.6) is 0 Å². The fraction of sp³-hybridized carbons (Fsp3) is 0.471. The largest absolute Gasteiger partial charge is 0.456 e. The van der Waals surface area contributed by atoms with Gasteiger partial charge in [0.25, 0.3) is 0 Å². The normalized spacial score (nSPS) is 25.7. The number of carbonyl (C=O) groups is 3. The van der Waals surface area contributed by atoms with Gasteiger partial charge in [0.05, 0.1) is 6.61 Å². The third-order valence-corrected chi connectivity index (χ3v) is 4.48. The highest BCUT2D eigenvalue weighted by molar-refractivity contribution is 7.99. The first kappa shape index (κ1) is 19.3. The zero-order chi connectivity index (χ0) is 18.4. The van der Waals surface area contributed by atoms with Gasteiger partial charge < -0.3 is 18.9 Å². The molecule has 25 heavy (non-hydrogen) atoms. The maximum Gasteiger partial charge on any atom is 0.303 e. The predicted octanol–water partition coefficient (Wildman–Crippen LogP) is 1.93. The van der Waals surface area contributed by atoms with Crippen molar-refractivity contribution in [1.82, 2.24) is 0 Å². The molecule has 1 aromatic rings. The molecule has 1 saturated heterocycles. The summed E-state index contributed by atoms with van der Waals surface area (Å²) in [6, 6.07) is 9.40. The van der Waals surface area contributed by atoms with Gasteiger partial charge in [0.2, 0.25) is 0 Å². The Bertz CT molecular complexity index is 619. The molecule has 1 aliphatic heterocycles. The number of thioether (sulfide) groups is 1. The third-order valence-electron chi connectivity index (χ3n) is 3.30. The predicted molar refractivity (Wildman–Crippen MR) is 88.7 cm³/mol. The number of hydrogen-bond donors (Lipinski definition) is 0. The second kappa shape index (κ2) is 8.87. The molecule has 8 heteroatoms. The average molecular weight is 368 g/mol. The summed E-state index contributed by atoms with van der Waals surface area (Å²) in [5.41, 5.74) is -0.609. The lowest BCUT2D eigenvalue weighted by Crippen LogP contribution is -2.56. The number of carbonyl (C=O) groups excluding carboxylic acids is 3. The van der Waals surface area contributed by atoms with E-state index in [-0.39, 0.29) is 6.61 Å². The van der Waals surface area contributed by atoms with Crippen molar-refractivity contribution in [2.75, 3.05) is 6.61 Å². The number of ether oxygens (including phenoxy) is 4. The summed E-state index contributed by atoms with van der Waals surface area (Å²) < 4.78 is 21.6. The Morgan fingerprint density at radius 1 is 0.920 bits per heavy atom. The lowest BCUT2D eigenvalue weighted by molar-refractivity contribution is -0.213. The standard InChI is InChI=1S/C17H20O7S/c1-10(18)22-14-9-21-17(25-13-7-5-4-6-8-13)16(24-12(3)20)15(14)23-11(2)19/h4-8,14-17H,9H2,1-3H3/t14-,15-,16+,17-/m0/s1. The van der Waals surface area contributed by atoms with Crippen molar-refractivity contribution < 1.29 is 33.3 Å². The Hall–Kier alpha value is -2.06. The smallest absolute Gasteiger partial charge is 0.303 e. The molecule has 0 spiro atoms. The summed E-state index contributed by atoms with van der Waals surface area (Å²) in [5, 5.41) is 0. The van der Waals surface area contributed by atoms with Gasteiger partial charge in [-0.25, -0.2) is 0 Å². The van der Waals surface area contributed by atoms with E-state index < -0.39 is 41.7 Å². The maximum absolute atomic E-state index is 11.5. The molecular formula is C17H20O7S. The van der Waals surface area contributed by atoms with Gasteiger partial charge in [-0.1, -0.05) is 30.0 Å². The van der Waals surface area contributed by atoms with Crippen molar-refractivity contribution >= 4 is 29.7 Å². The zero-order valence-electron chi connectivity index (χ0n) is 14.2. The summed E-state index contributed by atoms with van der Waals surface area (Å²) >= 11 is 1.34. The Morgan fingerprint density at radius 2 is 1.48 bits per heavy atom. The molecule has 0 unspecified atom stereocenters. The first-order chi connectivity index (χ1) is 11.9. The number of hydrogen-bond acceptors (Lipinski definition) is 8. The minimum absolute atomic E-state index is 0.0276. The van der Waals surface area contributed by atoms with Crippen LogP contribution in [0.15, 0.2) is 35.2 Å². The molecule has 0 aromatic heterocycles. The van der Waals surface area contributed by atoms with E-state index in [2.05, 4.69) is 0 Å². The van der Waals surface area contributed by atoms with Gasteiger partial charge in [0, 0.05) is 25.7 Å². The fourth-order valence-corrected chi connectivity index (χ4v) is 3.52. The van der Waals surface area contributed by atoms with E-state index in [1.165, 1.54) is 32.5 Å². The van der Waals surface area contributed by atoms with E-state index in [9.17, 15) is 14.4 Å². The summed E-state index contributed by atoms with van der Waals surface area (Å²) in [7, 11) is 0. The number of rotatable bonds is 5. The first-order valence-electron chi connectivity index (χ1n) is 7.71. The van der Waals surface area contributed by atoms with Crippen LogP contribution < -0.4 is 0 Å². The lowest BCUT2D eigenvalue weighted by Gasteiger charge is -2.40. The van der Waals surface area contributed by atoms with Gasteiger partial charge >= 0.3 is 17.9 Å². The van der Waals surface area contributed by atoms with Crippen molar-refractivity contribution in [2.45, 2.75) is 49.4 Å². The molecule has 136 valence electrons. The minimum atomic E-state index is -0.944. The van der Waals surface area contributed by atoms with Crippen LogP contribution in [0.4, 0.5) is 0 Å². The highest BCUT2D eigenvalue weighted by Gasteiger charge is 2.47. The summed E-state index contributed by atoms with van der Waals surface area (Å²) in [4.78, 5) is 35.2. The molecule has 0 amide bonds. The van der Waals surface area contributed by atoms with Crippen molar-refractivity contribution in [3.63, 3.8) is 0 Å². The fourth-order valence-electron chi connectivity index (χ4n) is 2.44. The molecule has 0 radical (unpaired) electrons. The van der Waals surface area contributed by atoms with Crippen LogP contribution >= 0.6 is 11.8 Å². The Labute approximate surface area is 150 Å². The van der Waals surface area contributed by atoms with Crippen LogP contribution in [0.3, 0.4) is 0 Å². The first-order valence-corrected chi connectivity index (χ1v) is 8.59. The average Bonchev–Trinajstić information content (AvgIpc) is 2.52. The number of esters is 3. The summed E-state index contributed by atoms with van der Waals surface area (Å²) in [5.74, 6) is -1.65. The van der Waals surface area contributed by atoms with Crippen LogP contribution in [0, 0.1) is 0 Å². The molecule has 1 fully saturated rings. The van der Waals surface area contributed by atoms with Gasteiger partial charge in [0.1, 0.15) is 5.44 Å². The molecular weight excluding hydrogens is 348 g/mol. The molecule has 1 heterocycles. The van der Waals surface area contributed by atoms with E-state index >= 15 is 0 Å². The van der Waals surface area contributed by atoms with Crippen molar-refractivity contribution in [3.8, 4) is 0 Å². The van der Waals surface area contributed by atoms with Gasteiger partial charge in [-0.05, 0) is 12.1 Å². The summed E-state index contributed by atoms with van der Waals surface area (Å²) in [6.45, 7) is 3.77. The minimum Gasteiger partial charge on any atom is -0.456 e. The molecule has 0 aliphatic carbocycles. The SMILES string of the molecule is CC(=O)O[C@@H]1[C@@H](OC(C)=O)[C@H](Sc2ccccc2)OC[C@@H]1OC(C)=O. The van der Waals surface area contributed by atoms with Crippen molar-refractivity contribution in [1.29, 1.82) is 0 Å². The summed E-state index contributed by atoms with van der Waals surface area (Å²) in [6.07, 6.45) is -2.71. The molecule has 7 nitrogen and oxygen atoms in total. The van der Waals surface area contributed by atoms with Crippen LogP contribution in [-0.4, -0.2) is 48.3 Å².